The van der Waals surface area contributed by atoms with Crippen molar-refractivity contribution in [2.24, 2.45) is 0 Å². The lowest BCUT2D eigenvalue weighted by Gasteiger charge is -2.12. The number of alkyl halides is 1. The van der Waals surface area contributed by atoms with E-state index < -0.39 is 11.6 Å². The molecule has 0 saturated heterocycles. The zero-order valence-electron chi connectivity index (χ0n) is 10.1. The minimum Gasteiger partial charge on any atom is -0.496 e. The average Bonchev–Trinajstić information content (AvgIpc) is 2.35. The first-order valence-electron chi connectivity index (χ1n) is 5.32. The van der Waals surface area contributed by atoms with E-state index in [4.69, 9.17) is 4.74 Å². The molecular formula is C13H15BrO3. The molecule has 4 heteroatoms. The van der Waals surface area contributed by atoms with E-state index >= 15 is 0 Å². The highest BCUT2D eigenvalue weighted by atomic mass is 79.9. The van der Waals surface area contributed by atoms with Crippen molar-refractivity contribution >= 4 is 27.5 Å². The van der Waals surface area contributed by atoms with Gasteiger partial charge < -0.3 is 4.74 Å². The number of hydrogen-bond acceptors (Lipinski definition) is 3. The molecule has 0 aliphatic carbocycles. The summed E-state index contributed by atoms with van der Waals surface area (Å²) in [6, 6.07) is 5.07. The van der Waals surface area contributed by atoms with Gasteiger partial charge in [0.1, 0.15) is 5.75 Å². The van der Waals surface area contributed by atoms with Crippen LogP contribution in [0.3, 0.4) is 0 Å². The highest BCUT2D eigenvalue weighted by molar-refractivity contribution is 9.09. The van der Waals surface area contributed by atoms with E-state index in [-0.39, 0.29) is 11.2 Å². The maximum atomic E-state index is 11.7. The lowest BCUT2D eigenvalue weighted by atomic mass is 9.97. The summed E-state index contributed by atoms with van der Waals surface area (Å²) in [4.78, 5) is 23.0. The number of rotatable bonds is 5. The van der Waals surface area contributed by atoms with E-state index in [0.29, 0.717) is 5.56 Å². The van der Waals surface area contributed by atoms with Gasteiger partial charge in [-0.3, -0.25) is 9.59 Å². The summed E-state index contributed by atoms with van der Waals surface area (Å²) >= 11 is 2.99. The first-order chi connectivity index (χ1) is 8.01. The summed E-state index contributed by atoms with van der Waals surface area (Å²) in [6.07, 6.45) is 0. The molecule has 0 heterocycles. The normalized spacial score (nSPS) is 10.4. The lowest BCUT2D eigenvalue weighted by Crippen LogP contribution is -2.15. The summed E-state index contributed by atoms with van der Waals surface area (Å²) in [5.74, 6) is 0.0657. The molecule has 0 radical (unpaired) electrons. The Morgan fingerprint density at radius 3 is 2.47 bits per heavy atom. The standard InChI is InChI=1S/C13H15BrO3/c1-8(2)10-6-9(4-5-12(10)17-3)13(16)11(15)7-14/h4-6,8H,7H2,1-3H3. The molecule has 0 aliphatic rings. The number of carbonyl (C=O) groups is 2. The molecule has 1 aromatic carbocycles. The van der Waals surface area contributed by atoms with Crippen LogP contribution in [0.25, 0.3) is 0 Å². The van der Waals surface area contributed by atoms with E-state index in [1.807, 2.05) is 13.8 Å². The number of benzene rings is 1. The molecule has 0 aromatic heterocycles. The fraction of sp³-hybridized carbons (Fsp3) is 0.385. The van der Waals surface area contributed by atoms with Crippen LogP contribution < -0.4 is 4.74 Å². The molecule has 0 atom stereocenters. The van der Waals surface area contributed by atoms with Crippen LogP contribution in [0.1, 0.15) is 35.7 Å². The van der Waals surface area contributed by atoms with Gasteiger partial charge in [0, 0.05) is 5.56 Å². The van der Waals surface area contributed by atoms with Gasteiger partial charge in [-0.25, -0.2) is 0 Å². The number of Topliss-reactive ketones (excluding diaryl/α,β-unsaturated/α-hetero) is 2. The zero-order chi connectivity index (χ0) is 13.0. The third-order valence-electron chi connectivity index (χ3n) is 2.49. The van der Waals surface area contributed by atoms with Gasteiger partial charge in [-0.05, 0) is 29.7 Å². The maximum absolute atomic E-state index is 11.7. The van der Waals surface area contributed by atoms with Crippen molar-refractivity contribution in [2.45, 2.75) is 19.8 Å². The Bertz CT molecular complexity index is 438. The van der Waals surface area contributed by atoms with Gasteiger partial charge in [0.2, 0.25) is 11.6 Å². The molecule has 17 heavy (non-hydrogen) atoms. The van der Waals surface area contributed by atoms with Crippen molar-refractivity contribution in [3.63, 3.8) is 0 Å². The smallest absolute Gasteiger partial charge is 0.229 e. The van der Waals surface area contributed by atoms with Crippen LogP contribution in [0.5, 0.6) is 5.75 Å². The molecule has 1 rings (SSSR count). The van der Waals surface area contributed by atoms with Gasteiger partial charge in [-0.1, -0.05) is 29.8 Å². The second kappa shape index (κ2) is 5.96. The Balaban J connectivity index is 3.16. The van der Waals surface area contributed by atoms with E-state index in [9.17, 15) is 9.59 Å². The zero-order valence-corrected chi connectivity index (χ0v) is 11.7. The molecule has 0 saturated carbocycles. The predicted octanol–water partition coefficient (Wildman–Crippen LogP) is 2.97. The second-order valence-corrected chi connectivity index (χ2v) is 4.56. The summed E-state index contributed by atoms with van der Waals surface area (Å²) in [6.45, 7) is 4.02. The molecule has 0 fully saturated rings. The quantitative estimate of drug-likeness (QED) is 0.477. The van der Waals surface area contributed by atoms with Gasteiger partial charge >= 0.3 is 0 Å². The minimum absolute atomic E-state index is 0.0505. The predicted molar refractivity (Wildman–Crippen MR) is 70.2 cm³/mol. The second-order valence-electron chi connectivity index (χ2n) is 4.00. The SMILES string of the molecule is COc1ccc(C(=O)C(=O)CBr)cc1C(C)C. The van der Waals surface area contributed by atoms with E-state index in [1.54, 1.807) is 25.3 Å². The molecule has 1 aromatic rings. The molecule has 0 bridgehead atoms. The van der Waals surface area contributed by atoms with Crippen LogP contribution in [0.4, 0.5) is 0 Å². The number of carbonyl (C=O) groups excluding carboxylic acids is 2. The molecule has 0 unspecified atom stereocenters. The molecular weight excluding hydrogens is 284 g/mol. The van der Waals surface area contributed by atoms with Crippen LogP contribution in [-0.4, -0.2) is 24.0 Å². The number of hydrogen-bond donors (Lipinski definition) is 0. The van der Waals surface area contributed by atoms with E-state index in [2.05, 4.69) is 15.9 Å². The Labute approximate surface area is 109 Å². The molecule has 3 nitrogen and oxygen atoms in total. The van der Waals surface area contributed by atoms with Crippen LogP contribution in [0, 0.1) is 0 Å². The Morgan fingerprint density at radius 1 is 1.35 bits per heavy atom. The van der Waals surface area contributed by atoms with E-state index in [1.165, 1.54) is 0 Å². The van der Waals surface area contributed by atoms with Gasteiger partial charge in [-0.2, -0.15) is 0 Å². The third-order valence-corrected chi connectivity index (χ3v) is 3.00. The van der Waals surface area contributed by atoms with Crippen molar-refractivity contribution in [3.8, 4) is 5.75 Å². The molecule has 92 valence electrons. The summed E-state index contributed by atoms with van der Waals surface area (Å²) in [7, 11) is 1.59. The number of ether oxygens (including phenoxy) is 1. The molecule has 0 amide bonds. The molecule has 0 N–H and O–H groups in total. The topological polar surface area (TPSA) is 43.4 Å². The number of methoxy groups -OCH3 is 1. The fourth-order valence-electron chi connectivity index (χ4n) is 1.55. The monoisotopic (exact) mass is 298 g/mol. The van der Waals surface area contributed by atoms with Gasteiger partial charge in [0.15, 0.2) is 0 Å². The van der Waals surface area contributed by atoms with Crippen molar-refractivity contribution in [3.05, 3.63) is 29.3 Å². The largest absolute Gasteiger partial charge is 0.496 e. The third kappa shape index (κ3) is 3.16. The summed E-state index contributed by atoms with van der Waals surface area (Å²) in [5.41, 5.74) is 1.35. The maximum Gasteiger partial charge on any atom is 0.229 e. The first kappa shape index (κ1) is 13.9. The van der Waals surface area contributed by atoms with Crippen LogP contribution in [0.2, 0.25) is 0 Å². The minimum atomic E-state index is -0.466. The first-order valence-corrected chi connectivity index (χ1v) is 6.44. The average molecular weight is 299 g/mol. The van der Waals surface area contributed by atoms with E-state index in [0.717, 1.165) is 11.3 Å². The Kier molecular flexibility index (Phi) is 4.87. The van der Waals surface area contributed by atoms with Gasteiger partial charge in [-0.15, -0.1) is 0 Å². The number of ketones is 2. The molecule has 0 spiro atoms. The summed E-state index contributed by atoms with van der Waals surface area (Å²) in [5, 5.41) is 0.0505. The fourth-order valence-corrected chi connectivity index (χ4v) is 1.80. The van der Waals surface area contributed by atoms with Crippen LogP contribution in [0.15, 0.2) is 18.2 Å². The Morgan fingerprint density at radius 2 is 2.00 bits per heavy atom. The Hall–Kier alpha value is -1.16. The van der Waals surface area contributed by atoms with Crippen molar-refractivity contribution < 1.29 is 14.3 Å². The lowest BCUT2D eigenvalue weighted by molar-refractivity contribution is -0.112. The van der Waals surface area contributed by atoms with Crippen LogP contribution in [-0.2, 0) is 4.79 Å². The highest BCUT2D eigenvalue weighted by Crippen LogP contribution is 2.27. The van der Waals surface area contributed by atoms with Crippen molar-refractivity contribution in [1.82, 2.24) is 0 Å². The van der Waals surface area contributed by atoms with Gasteiger partial charge in [0.25, 0.3) is 0 Å². The number of halogens is 1. The van der Waals surface area contributed by atoms with Crippen molar-refractivity contribution in [1.29, 1.82) is 0 Å². The summed E-state index contributed by atoms with van der Waals surface area (Å²) < 4.78 is 5.22. The molecule has 0 aliphatic heterocycles. The highest BCUT2D eigenvalue weighted by Gasteiger charge is 2.17. The van der Waals surface area contributed by atoms with Gasteiger partial charge in [0.05, 0.1) is 12.4 Å². The van der Waals surface area contributed by atoms with Crippen LogP contribution >= 0.6 is 15.9 Å². The van der Waals surface area contributed by atoms with Crippen molar-refractivity contribution in [2.75, 3.05) is 12.4 Å².